The highest BCUT2D eigenvalue weighted by molar-refractivity contribution is 7.92. The molecule has 0 radical (unpaired) electrons. The molecule has 46 heavy (non-hydrogen) atoms. The van der Waals surface area contributed by atoms with E-state index in [2.05, 4.69) is 5.32 Å². The second-order valence-corrected chi connectivity index (χ2v) is 13.0. The zero-order chi connectivity index (χ0) is 32.5. The van der Waals surface area contributed by atoms with Gasteiger partial charge in [-0.15, -0.1) is 0 Å². The van der Waals surface area contributed by atoms with Crippen molar-refractivity contribution in [3.05, 3.63) is 120 Å². The molecule has 4 aromatic carbocycles. The van der Waals surface area contributed by atoms with E-state index in [-0.39, 0.29) is 29.5 Å². The average molecular weight is 642 g/mol. The molecule has 0 spiro atoms. The number of carbonyl (C=O) groups excluding carboxylic acids is 2. The quantitative estimate of drug-likeness (QED) is 0.217. The third kappa shape index (κ3) is 7.87. The first-order chi connectivity index (χ1) is 22.3. The largest absolute Gasteiger partial charge is 0.486 e. The van der Waals surface area contributed by atoms with E-state index in [0.717, 1.165) is 27.4 Å². The van der Waals surface area contributed by atoms with Crippen molar-refractivity contribution in [3.8, 4) is 11.5 Å². The molecular formula is C36H39N3O6S. The third-order valence-corrected chi connectivity index (χ3v) is 9.47. The molecule has 0 aliphatic carbocycles. The summed E-state index contributed by atoms with van der Waals surface area (Å²) in [5.74, 6) is 0.0592. The van der Waals surface area contributed by atoms with Crippen molar-refractivity contribution in [1.29, 1.82) is 0 Å². The van der Waals surface area contributed by atoms with Crippen molar-refractivity contribution < 1.29 is 27.5 Å². The van der Waals surface area contributed by atoms with Crippen LogP contribution in [0.25, 0.3) is 0 Å². The lowest BCUT2D eigenvalue weighted by Crippen LogP contribution is -2.53. The second kappa shape index (κ2) is 15.0. The number of benzene rings is 4. The van der Waals surface area contributed by atoms with Gasteiger partial charge in [0.2, 0.25) is 11.8 Å². The number of amides is 2. The summed E-state index contributed by atoms with van der Waals surface area (Å²) < 4.78 is 40.9. The van der Waals surface area contributed by atoms with Crippen molar-refractivity contribution in [2.45, 2.75) is 44.2 Å². The van der Waals surface area contributed by atoms with Crippen LogP contribution in [0.2, 0.25) is 0 Å². The smallest absolute Gasteiger partial charge is 0.264 e. The molecule has 10 heteroatoms. The van der Waals surface area contributed by atoms with E-state index in [4.69, 9.17) is 9.47 Å². The van der Waals surface area contributed by atoms with Crippen LogP contribution >= 0.6 is 0 Å². The number of hydrogen-bond donors (Lipinski definition) is 1. The van der Waals surface area contributed by atoms with Gasteiger partial charge in [-0.05, 0) is 48.7 Å². The normalized spacial score (nSPS) is 13.0. The second-order valence-electron chi connectivity index (χ2n) is 11.2. The highest BCUT2D eigenvalue weighted by Crippen LogP contribution is 2.36. The first-order valence-corrected chi connectivity index (χ1v) is 16.8. The van der Waals surface area contributed by atoms with Gasteiger partial charge in [-0.2, -0.15) is 0 Å². The van der Waals surface area contributed by atoms with Crippen molar-refractivity contribution in [2.24, 2.45) is 0 Å². The highest BCUT2D eigenvalue weighted by Gasteiger charge is 2.35. The van der Waals surface area contributed by atoms with E-state index < -0.39 is 28.5 Å². The fraction of sp³-hybridized carbons (Fsp3) is 0.278. The maximum Gasteiger partial charge on any atom is 0.264 e. The summed E-state index contributed by atoms with van der Waals surface area (Å²) in [6, 6.07) is 29.1. The lowest BCUT2D eigenvalue weighted by atomic mass is 10.0. The summed E-state index contributed by atoms with van der Waals surface area (Å²) in [5, 5.41) is 2.97. The standard InChI is InChI=1S/C36H39N3O6S/c1-3-19-37-36(41)32(23-28-12-6-4-7-13-28)38(25-29-14-10-11-27(2)22-29)35(40)26-39(46(42,43)31-15-8-5-9-16-31)30-17-18-33-34(24-30)45-21-20-44-33/h4-18,22,24,32H,3,19-21,23,25-26H2,1-2H3,(H,37,41)/t32-/m0/s1. The minimum absolute atomic E-state index is 0.0319. The molecule has 240 valence electrons. The molecule has 2 amide bonds. The number of anilines is 1. The zero-order valence-electron chi connectivity index (χ0n) is 26.1. The van der Waals surface area contributed by atoms with Crippen LogP contribution in [0.4, 0.5) is 5.69 Å². The highest BCUT2D eigenvalue weighted by atomic mass is 32.2. The summed E-state index contributed by atoms with van der Waals surface area (Å²) in [4.78, 5) is 29.9. The molecule has 1 N–H and O–H groups in total. The van der Waals surface area contributed by atoms with Crippen molar-refractivity contribution >= 4 is 27.5 Å². The summed E-state index contributed by atoms with van der Waals surface area (Å²) in [7, 11) is -4.22. The molecule has 0 bridgehead atoms. The number of ether oxygens (including phenoxy) is 2. The lowest BCUT2D eigenvalue weighted by molar-refractivity contribution is -0.140. The molecule has 0 saturated carbocycles. The number of rotatable bonds is 13. The van der Waals surface area contributed by atoms with E-state index in [1.54, 1.807) is 36.4 Å². The van der Waals surface area contributed by atoms with Gasteiger partial charge >= 0.3 is 0 Å². The molecule has 1 heterocycles. The van der Waals surface area contributed by atoms with Gasteiger partial charge in [0.15, 0.2) is 11.5 Å². The number of hydrogen-bond acceptors (Lipinski definition) is 6. The summed E-state index contributed by atoms with van der Waals surface area (Å²) in [5.41, 5.74) is 2.95. The van der Waals surface area contributed by atoms with Crippen LogP contribution in [-0.4, -0.2) is 57.5 Å². The Bertz CT molecular complexity index is 1750. The monoisotopic (exact) mass is 641 g/mol. The Labute approximate surface area is 270 Å². The van der Waals surface area contributed by atoms with Crippen LogP contribution in [-0.2, 0) is 32.6 Å². The molecule has 0 aromatic heterocycles. The fourth-order valence-electron chi connectivity index (χ4n) is 5.36. The third-order valence-electron chi connectivity index (χ3n) is 7.68. The first-order valence-electron chi connectivity index (χ1n) is 15.4. The maximum atomic E-state index is 14.6. The molecule has 1 aliphatic rings. The Balaban J connectivity index is 1.58. The fourth-order valence-corrected chi connectivity index (χ4v) is 6.79. The number of fused-ring (bicyclic) bond motifs is 1. The minimum atomic E-state index is -4.22. The average Bonchev–Trinajstić information content (AvgIpc) is 3.08. The van der Waals surface area contributed by atoms with Crippen LogP contribution in [0.15, 0.2) is 108 Å². The van der Waals surface area contributed by atoms with Crippen LogP contribution in [0.1, 0.15) is 30.0 Å². The Hall–Kier alpha value is -4.83. The Kier molecular flexibility index (Phi) is 10.6. The Morgan fingerprint density at radius 2 is 1.50 bits per heavy atom. The van der Waals surface area contributed by atoms with Gasteiger partial charge in [-0.1, -0.05) is 85.3 Å². The number of nitrogens with one attached hydrogen (secondary N) is 1. The van der Waals surface area contributed by atoms with Crippen LogP contribution in [0, 0.1) is 6.92 Å². The Morgan fingerprint density at radius 3 is 2.20 bits per heavy atom. The molecule has 1 aliphatic heterocycles. The molecule has 1 atom stereocenters. The van der Waals surface area contributed by atoms with Gasteiger partial charge in [0.25, 0.3) is 10.0 Å². The molecular weight excluding hydrogens is 602 g/mol. The van der Waals surface area contributed by atoms with Gasteiger partial charge < -0.3 is 19.7 Å². The predicted molar refractivity (Wildman–Crippen MR) is 177 cm³/mol. The van der Waals surface area contributed by atoms with Gasteiger partial charge in [0.05, 0.1) is 10.6 Å². The topological polar surface area (TPSA) is 105 Å². The van der Waals surface area contributed by atoms with Crippen LogP contribution in [0.3, 0.4) is 0 Å². The number of carbonyl (C=O) groups is 2. The minimum Gasteiger partial charge on any atom is -0.486 e. The Morgan fingerprint density at radius 1 is 0.826 bits per heavy atom. The SMILES string of the molecule is CCCNC(=O)[C@H](Cc1ccccc1)N(Cc1cccc(C)c1)C(=O)CN(c1ccc2c(c1)OCCO2)S(=O)(=O)c1ccccc1. The zero-order valence-corrected chi connectivity index (χ0v) is 26.9. The van der Waals surface area contributed by atoms with E-state index in [0.29, 0.717) is 31.3 Å². The lowest BCUT2D eigenvalue weighted by Gasteiger charge is -2.34. The van der Waals surface area contributed by atoms with Crippen molar-refractivity contribution in [3.63, 3.8) is 0 Å². The molecule has 9 nitrogen and oxygen atoms in total. The predicted octanol–water partition coefficient (Wildman–Crippen LogP) is 5.13. The summed E-state index contributed by atoms with van der Waals surface area (Å²) in [6.07, 6.45) is 0.978. The van der Waals surface area contributed by atoms with E-state index >= 15 is 0 Å². The summed E-state index contributed by atoms with van der Waals surface area (Å²) >= 11 is 0. The van der Waals surface area contributed by atoms with E-state index in [9.17, 15) is 18.0 Å². The first kappa shape index (κ1) is 32.6. The molecule has 5 rings (SSSR count). The number of aryl methyl sites for hydroxylation is 1. The van der Waals surface area contributed by atoms with E-state index in [1.807, 2.05) is 68.4 Å². The number of nitrogens with zero attached hydrogens (tertiary/aromatic N) is 2. The summed E-state index contributed by atoms with van der Waals surface area (Å²) in [6.45, 7) is 4.63. The molecule has 0 saturated heterocycles. The van der Waals surface area contributed by atoms with Crippen molar-refractivity contribution in [1.82, 2.24) is 10.2 Å². The number of sulfonamides is 1. The molecule has 4 aromatic rings. The maximum absolute atomic E-state index is 14.6. The molecule has 0 fully saturated rings. The van der Waals surface area contributed by atoms with Gasteiger partial charge in [-0.25, -0.2) is 8.42 Å². The van der Waals surface area contributed by atoms with Crippen LogP contribution < -0.4 is 19.1 Å². The van der Waals surface area contributed by atoms with Gasteiger partial charge in [0.1, 0.15) is 25.8 Å². The van der Waals surface area contributed by atoms with Crippen LogP contribution in [0.5, 0.6) is 11.5 Å². The van der Waals surface area contributed by atoms with E-state index in [1.165, 1.54) is 17.0 Å². The van der Waals surface area contributed by atoms with Gasteiger partial charge in [0, 0.05) is 25.6 Å². The van der Waals surface area contributed by atoms with Gasteiger partial charge in [-0.3, -0.25) is 13.9 Å². The molecule has 0 unspecified atom stereocenters. The van der Waals surface area contributed by atoms with Crippen molar-refractivity contribution in [2.75, 3.05) is 30.6 Å².